The summed E-state index contributed by atoms with van der Waals surface area (Å²) < 4.78 is 0. The second-order valence-electron chi connectivity index (χ2n) is 4.76. The third-order valence-corrected chi connectivity index (χ3v) is 3.06. The SMILES string of the molecule is CCCCCCCCCCCCN(N)C(=N)N. The Bertz CT molecular complexity index is 182. The van der Waals surface area contributed by atoms with E-state index < -0.39 is 0 Å². The van der Waals surface area contributed by atoms with Crippen molar-refractivity contribution in [2.75, 3.05) is 6.54 Å². The van der Waals surface area contributed by atoms with Crippen LogP contribution in [-0.2, 0) is 0 Å². The van der Waals surface area contributed by atoms with Gasteiger partial charge in [-0.25, -0.2) is 5.84 Å². The molecule has 0 aliphatic carbocycles. The number of rotatable bonds is 11. The zero-order chi connectivity index (χ0) is 12.9. The van der Waals surface area contributed by atoms with E-state index in [2.05, 4.69) is 6.92 Å². The number of nitrogens with two attached hydrogens (primary N) is 2. The molecule has 0 amide bonds. The van der Waals surface area contributed by atoms with Crippen LogP contribution in [0.1, 0.15) is 71.1 Å². The number of guanidine groups is 1. The molecular formula is C13H30N4. The lowest BCUT2D eigenvalue weighted by Crippen LogP contribution is -2.42. The summed E-state index contributed by atoms with van der Waals surface area (Å²) in [5, 5.41) is 8.42. The number of hydrazine groups is 1. The molecule has 17 heavy (non-hydrogen) atoms. The molecule has 0 fully saturated rings. The van der Waals surface area contributed by atoms with Crippen LogP contribution >= 0.6 is 0 Å². The monoisotopic (exact) mass is 242 g/mol. The van der Waals surface area contributed by atoms with Gasteiger partial charge in [-0.05, 0) is 6.42 Å². The molecule has 0 aromatic heterocycles. The van der Waals surface area contributed by atoms with Gasteiger partial charge >= 0.3 is 0 Å². The van der Waals surface area contributed by atoms with E-state index in [1.54, 1.807) is 0 Å². The van der Waals surface area contributed by atoms with E-state index in [0.717, 1.165) is 6.42 Å². The molecule has 0 saturated carbocycles. The van der Waals surface area contributed by atoms with Gasteiger partial charge in [0.1, 0.15) is 0 Å². The first-order valence-corrected chi connectivity index (χ1v) is 7.04. The molecule has 0 unspecified atom stereocenters. The highest BCUT2D eigenvalue weighted by Crippen LogP contribution is 2.10. The van der Waals surface area contributed by atoms with E-state index in [-0.39, 0.29) is 5.96 Å². The fourth-order valence-corrected chi connectivity index (χ4v) is 1.89. The van der Waals surface area contributed by atoms with E-state index >= 15 is 0 Å². The van der Waals surface area contributed by atoms with Gasteiger partial charge in [-0.1, -0.05) is 64.7 Å². The topological polar surface area (TPSA) is 79.1 Å². The van der Waals surface area contributed by atoms with E-state index in [1.165, 1.54) is 62.8 Å². The average Bonchev–Trinajstić information content (AvgIpc) is 2.31. The highest BCUT2D eigenvalue weighted by molar-refractivity contribution is 5.73. The van der Waals surface area contributed by atoms with E-state index in [1.807, 2.05) is 0 Å². The fraction of sp³-hybridized carbons (Fsp3) is 0.923. The third kappa shape index (κ3) is 11.5. The van der Waals surface area contributed by atoms with Crippen LogP contribution in [0.3, 0.4) is 0 Å². The molecule has 0 aliphatic rings. The van der Waals surface area contributed by atoms with Crippen molar-refractivity contribution in [3.05, 3.63) is 0 Å². The van der Waals surface area contributed by atoms with Gasteiger partial charge in [0, 0.05) is 6.54 Å². The minimum absolute atomic E-state index is 0.0408. The highest BCUT2D eigenvalue weighted by atomic mass is 15.4. The maximum atomic E-state index is 7.11. The molecule has 5 N–H and O–H groups in total. The normalized spacial score (nSPS) is 10.5. The summed E-state index contributed by atoms with van der Waals surface area (Å²) in [5.74, 6) is 5.47. The number of hydrogen-bond donors (Lipinski definition) is 3. The smallest absolute Gasteiger partial charge is 0.202 e. The van der Waals surface area contributed by atoms with Crippen LogP contribution in [-0.4, -0.2) is 17.5 Å². The molecule has 0 spiro atoms. The summed E-state index contributed by atoms with van der Waals surface area (Å²) in [6.07, 6.45) is 13.1. The quantitative estimate of drug-likeness (QED) is 0.171. The molecule has 4 heteroatoms. The molecule has 102 valence electrons. The zero-order valence-electron chi connectivity index (χ0n) is 11.4. The Morgan fingerprint density at radius 3 is 1.71 bits per heavy atom. The van der Waals surface area contributed by atoms with Crippen molar-refractivity contribution in [2.45, 2.75) is 71.1 Å². The van der Waals surface area contributed by atoms with Crippen molar-refractivity contribution in [2.24, 2.45) is 11.6 Å². The Balaban J connectivity index is 3.06. The van der Waals surface area contributed by atoms with E-state index in [0.29, 0.717) is 6.54 Å². The molecule has 0 aliphatic heterocycles. The highest BCUT2D eigenvalue weighted by Gasteiger charge is 1.99. The third-order valence-electron chi connectivity index (χ3n) is 3.06. The first-order valence-electron chi connectivity index (χ1n) is 7.04. The van der Waals surface area contributed by atoms with Crippen LogP contribution in [0.2, 0.25) is 0 Å². The van der Waals surface area contributed by atoms with Crippen LogP contribution in [0.4, 0.5) is 0 Å². The Kier molecular flexibility index (Phi) is 11.2. The lowest BCUT2D eigenvalue weighted by Gasteiger charge is -2.15. The molecule has 0 saturated heterocycles. The van der Waals surface area contributed by atoms with Gasteiger partial charge < -0.3 is 5.73 Å². The molecule has 4 nitrogen and oxygen atoms in total. The Morgan fingerprint density at radius 2 is 1.29 bits per heavy atom. The second-order valence-corrected chi connectivity index (χ2v) is 4.76. The lowest BCUT2D eigenvalue weighted by atomic mass is 10.1. The number of nitrogens with one attached hydrogen (secondary N) is 1. The summed E-state index contributed by atoms with van der Waals surface area (Å²) >= 11 is 0. The number of nitrogens with zero attached hydrogens (tertiary/aromatic N) is 1. The van der Waals surface area contributed by atoms with Gasteiger partial charge in [0.25, 0.3) is 0 Å². The predicted octanol–water partition coefficient (Wildman–Crippen LogP) is 2.98. The van der Waals surface area contributed by atoms with E-state index in [9.17, 15) is 0 Å². The van der Waals surface area contributed by atoms with Crippen LogP contribution in [0.15, 0.2) is 0 Å². The number of hydrogen-bond acceptors (Lipinski definition) is 2. The first-order chi connectivity index (χ1) is 8.18. The Labute approximate surface area is 106 Å². The summed E-state index contributed by atoms with van der Waals surface area (Å²) in [5.41, 5.74) is 5.24. The predicted molar refractivity (Wildman–Crippen MR) is 74.7 cm³/mol. The maximum Gasteiger partial charge on any atom is 0.202 e. The number of unbranched alkanes of at least 4 members (excludes halogenated alkanes) is 9. The molecular weight excluding hydrogens is 212 g/mol. The van der Waals surface area contributed by atoms with Crippen molar-refractivity contribution in [1.29, 1.82) is 5.41 Å². The van der Waals surface area contributed by atoms with Crippen LogP contribution in [0, 0.1) is 5.41 Å². The van der Waals surface area contributed by atoms with Crippen molar-refractivity contribution in [3.63, 3.8) is 0 Å². The molecule has 0 rings (SSSR count). The minimum atomic E-state index is -0.0408. The van der Waals surface area contributed by atoms with Gasteiger partial charge in [-0.2, -0.15) is 0 Å². The fourth-order valence-electron chi connectivity index (χ4n) is 1.89. The van der Waals surface area contributed by atoms with Gasteiger partial charge in [0.05, 0.1) is 0 Å². The van der Waals surface area contributed by atoms with Gasteiger partial charge in [0.2, 0.25) is 5.96 Å². The average molecular weight is 242 g/mol. The minimum Gasteiger partial charge on any atom is -0.369 e. The molecule has 0 radical (unpaired) electrons. The van der Waals surface area contributed by atoms with Crippen LogP contribution < -0.4 is 11.6 Å². The first kappa shape index (κ1) is 16.2. The van der Waals surface area contributed by atoms with Gasteiger partial charge in [-0.3, -0.25) is 10.4 Å². The zero-order valence-corrected chi connectivity index (χ0v) is 11.4. The lowest BCUT2D eigenvalue weighted by molar-refractivity contribution is 0.409. The molecule has 0 atom stereocenters. The van der Waals surface area contributed by atoms with Crippen molar-refractivity contribution in [3.8, 4) is 0 Å². The Hall–Kier alpha value is -0.770. The summed E-state index contributed by atoms with van der Waals surface area (Å²) in [7, 11) is 0. The Morgan fingerprint density at radius 1 is 0.882 bits per heavy atom. The van der Waals surface area contributed by atoms with Crippen molar-refractivity contribution in [1.82, 2.24) is 5.01 Å². The second kappa shape index (κ2) is 11.7. The van der Waals surface area contributed by atoms with Gasteiger partial charge in [0.15, 0.2) is 0 Å². The molecule has 0 heterocycles. The molecule has 0 aromatic carbocycles. The van der Waals surface area contributed by atoms with Crippen molar-refractivity contribution >= 4 is 5.96 Å². The maximum absolute atomic E-state index is 7.11. The van der Waals surface area contributed by atoms with Gasteiger partial charge in [-0.15, -0.1) is 0 Å². The van der Waals surface area contributed by atoms with E-state index in [4.69, 9.17) is 17.0 Å². The van der Waals surface area contributed by atoms with Crippen molar-refractivity contribution < 1.29 is 0 Å². The largest absolute Gasteiger partial charge is 0.369 e. The van der Waals surface area contributed by atoms with Crippen LogP contribution in [0.5, 0.6) is 0 Å². The summed E-state index contributed by atoms with van der Waals surface area (Å²) in [6.45, 7) is 2.95. The molecule has 0 aromatic rings. The summed E-state index contributed by atoms with van der Waals surface area (Å²) in [6, 6.07) is 0. The standard InChI is InChI=1S/C13H30N4/c1-2-3-4-5-6-7-8-9-10-11-12-17(16)13(14)15/h2-12,16H2,1H3,(H3,14,15). The van der Waals surface area contributed by atoms with Crippen LogP contribution in [0.25, 0.3) is 0 Å². The summed E-state index contributed by atoms with van der Waals surface area (Å²) in [4.78, 5) is 0. The molecule has 0 bridgehead atoms.